The quantitative estimate of drug-likeness (QED) is 0.600. The van der Waals surface area contributed by atoms with Crippen molar-refractivity contribution < 1.29 is 14.3 Å². The van der Waals surface area contributed by atoms with Crippen molar-refractivity contribution in [3.8, 4) is 6.07 Å². The molecular formula is C5H2N2O3. The number of carboxylic acids is 1. The minimum atomic E-state index is -1.20. The fraction of sp³-hybridized carbons (Fsp3) is 0. The van der Waals surface area contributed by atoms with E-state index >= 15 is 0 Å². The van der Waals surface area contributed by atoms with Crippen LogP contribution in [0.1, 0.15) is 16.4 Å². The van der Waals surface area contributed by atoms with Crippen LogP contribution in [0.25, 0.3) is 0 Å². The first kappa shape index (κ1) is 6.29. The Hall–Kier alpha value is -1.83. The summed E-state index contributed by atoms with van der Waals surface area (Å²) in [6.45, 7) is 0. The zero-order valence-corrected chi connectivity index (χ0v) is 4.74. The SMILES string of the molecule is N#Cc1nc(C(=O)O)co1. The molecule has 0 fully saturated rings. The minimum Gasteiger partial charge on any atom is -0.476 e. The molecule has 1 rings (SSSR count). The molecule has 0 saturated carbocycles. The number of nitriles is 1. The highest BCUT2D eigenvalue weighted by molar-refractivity contribution is 5.84. The first-order valence-corrected chi connectivity index (χ1v) is 2.33. The van der Waals surface area contributed by atoms with E-state index in [2.05, 4.69) is 9.40 Å². The van der Waals surface area contributed by atoms with Crippen LogP contribution in [0.3, 0.4) is 0 Å². The molecule has 0 aliphatic rings. The molecule has 5 nitrogen and oxygen atoms in total. The van der Waals surface area contributed by atoms with Crippen molar-refractivity contribution in [1.82, 2.24) is 4.98 Å². The van der Waals surface area contributed by atoms with Crippen LogP contribution in [-0.4, -0.2) is 16.1 Å². The van der Waals surface area contributed by atoms with Gasteiger partial charge in [0.15, 0.2) is 11.8 Å². The van der Waals surface area contributed by atoms with Crippen LogP contribution in [0.15, 0.2) is 10.7 Å². The molecule has 0 aromatic carbocycles. The monoisotopic (exact) mass is 138 g/mol. The Morgan fingerprint density at radius 1 is 1.90 bits per heavy atom. The summed E-state index contributed by atoms with van der Waals surface area (Å²) in [4.78, 5) is 13.4. The average Bonchev–Trinajstić information content (AvgIpc) is 2.34. The van der Waals surface area contributed by atoms with Gasteiger partial charge in [0.25, 0.3) is 0 Å². The van der Waals surface area contributed by atoms with Crippen LogP contribution >= 0.6 is 0 Å². The van der Waals surface area contributed by atoms with E-state index < -0.39 is 5.97 Å². The van der Waals surface area contributed by atoms with Gasteiger partial charge in [0.05, 0.1) is 0 Å². The molecule has 0 amide bonds. The lowest BCUT2D eigenvalue weighted by atomic mass is 10.5. The second-order valence-corrected chi connectivity index (χ2v) is 1.45. The molecular weight excluding hydrogens is 136 g/mol. The standard InChI is InChI=1S/C5H2N2O3/c6-1-4-7-3(2-10-4)5(8)9/h2H,(H,8,9). The Morgan fingerprint density at radius 2 is 2.60 bits per heavy atom. The molecule has 0 spiro atoms. The van der Waals surface area contributed by atoms with E-state index in [1.165, 1.54) is 0 Å². The summed E-state index contributed by atoms with van der Waals surface area (Å²) in [5.74, 6) is -1.44. The Kier molecular flexibility index (Phi) is 1.38. The second kappa shape index (κ2) is 2.19. The molecule has 1 aromatic rings. The van der Waals surface area contributed by atoms with Gasteiger partial charge >= 0.3 is 11.9 Å². The number of carboxylic acid groups (broad SMARTS) is 1. The van der Waals surface area contributed by atoms with Crippen molar-refractivity contribution in [2.75, 3.05) is 0 Å². The van der Waals surface area contributed by atoms with E-state index in [9.17, 15) is 4.79 Å². The van der Waals surface area contributed by atoms with Gasteiger partial charge in [-0.05, 0) is 0 Å². The fourth-order valence-electron chi connectivity index (χ4n) is 0.423. The molecule has 1 aromatic heterocycles. The van der Waals surface area contributed by atoms with E-state index in [1.807, 2.05) is 0 Å². The summed E-state index contributed by atoms with van der Waals surface area (Å²) in [6.07, 6.45) is 0.918. The van der Waals surface area contributed by atoms with Crippen molar-refractivity contribution in [3.05, 3.63) is 17.8 Å². The number of aromatic carboxylic acids is 1. The van der Waals surface area contributed by atoms with Gasteiger partial charge in [-0.2, -0.15) is 10.2 Å². The molecule has 1 heterocycles. The lowest BCUT2D eigenvalue weighted by molar-refractivity contribution is 0.0690. The molecule has 0 aliphatic carbocycles. The first-order valence-electron chi connectivity index (χ1n) is 2.33. The number of nitrogens with zero attached hydrogens (tertiary/aromatic N) is 2. The smallest absolute Gasteiger partial charge is 0.357 e. The minimum absolute atomic E-state index is 0.239. The van der Waals surface area contributed by atoms with Crippen molar-refractivity contribution in [1.29, 1.82) is 5.26 Å². The van der Waals surface area contributed by atoms with Crippen LogP contribution in [0.5, 0.6) is 0 Å². The normalized spacial score (nSPS) is 8.70. The highest BCUT2D eigenvalue weighted by atomic mass is 16.4. The van der Waals surface area contributed by atoms with Crippen LogP contribution < -0.4 is 0 Å². The number of hydrogen-bond acceptors (Lipinski definition) is 4. The van der Waals surface area contributed by atoms with Crippen LogP contribution in [0, 0.1) is 11.3 Å². The molecule has 50 valence electrons. The molecule has 0 bridgehead atoms. The maximum Gasteiger partial charge on any atom is 0.357 e. The number of rotatable bonds is 1. The van der Waals surface area contributed by atoms with E-state index in [0.717, 1.165) is 6.26 Å². The predicted octanol–water partition coefficient (Wildman–Crippen LogP) is 0.244. The molecule has 1 N–H and O–H groups in total. The summed E-state index contributed by atoms with van der Waals surface area (Å²) in [7, 11) is 0. The van der Waals surface area contributed by atoms with E-state index in [0.29, 0.717) is 0 Å². The van der Waals surface area contributed by atoms with Crippen LogP contribution in [-0.2, 0) is 0 Å². The number of carbonyl (C=O) groups is 1. The topological polar surface area (TPSA) is 87.1 Å². The maximum absolute atomic E-state index is 10.1. The lowest BCUT2D eigenvalue weighted by Crippen LogP contribution is -1.95. The summed E-state index contributed by atoms with van der Waals surface area (Å²) >= 11 is 0. The fourth-order valence-corrected chi connectivity index (χ4v) is 0.423. The van der Waals surface area contributed by atoms with Crippen LogP contribution in [0.2, 0.25) is 0 Å². The zero-order valence-electron chi connectivity index (χ0n) is 4.74. The molecule has 0 saturated heterocycles. The van der Waals surface area contributed by atoms with Crippen molar-refractivity contribution >= 4 is 5.97 Å². The van der Waals surface area contributed by atoms with E-state index in [1.54, 1.807) is 6.07 Å². The van der Waals surface area contributed by atoms with Crippen molar-refractivity contribution in [2.24, 2.45) is 0 Å². The summed E-state index contributed by atoms with van der Waals surface area (Å²) in [5.41, 5.74) is -0.253. The molecule has 0 radical (unpaired) electrons. The number of oxazole rings is 1. The van der Waals surface area contributed by atoms with E-state index in [-0.39, 0.29) is 11.6 Å². The molecule has 0 atom stereocenters. The average molecular weight is 138 g/mol. The van der Waals surface area contributed by atoms with Crippen molar-refractivity contribution in [3.63, 3.8) is 0 Å². The van der Waals surface area contributed by atoms with Gasteiger partial charge < -0.3 is 9.52 Å². The molecule has 5 heteroatoms. The first-order chi connectivity index (χ1) is 4.74. The Balaban J connectivity index is 3.02. The third-order valence-electron chi connectivity index (χ3n) is 0.819. The van der Waals surface area contributed by atoms with Crippen molar-refractivity contribution in [2.45, 2.75) is 0 Å². The molecule has 0 aliphatic heterocycles. The predicted molar refractivity (Wildman–Crippen MR) is 28.2 cm³/mol. The Labute approximate surface area is 55.5 Å². The summed E-state index contributed by atoms with van der Waals surface area (Å²) in [6, 6.07) is 1.56. The second-order valence-electron chi connectivity index (χ2n) is 1.45. The number of hydrogen-bond donors (Lipinski definition) is 1. The van der Waals surface area contributed by atoms with Crippen LogP contribution in [0.4, 0.5) is 0 Å². The largest absolute Gasteiger partial charge is 0.476 e. The van der Waals surface area contributed by atoms with Gasteiger partial charge in [-0.1, -0.05) is 0 Å². The Morgan fingerprint density at radius 3 is 2.90 bits per heavy atom. The van der Waals surface area contributed by atoms with Gasteiger partial charge in [-0.3, -0.25) is 0 Å². The van der Waals surface area contributed by atoms with Gasteiger partial charge in [0, 0.05) is 0 Å². The highest BCUT2D eigenvalue weighted by Gasteiger charge is 2.08. The third-order valence-corrected chi connectivity index (χ3v) is 0.819. The number of aromatic nitrogens is 1. The Bertz CT molecular complexity index is 296. The van der Waals surface area contributed by atoms with Gasteiger partial charge in [-0.25, -0.2) is 4.79 Å². The zero-order chi connectivity index (χ0) is 7.56. The van der Waals surface area contributed by atoms with Gasteiger partial charge in [-0.15, -0.1) is 0 Å². The summed E-state index contributed by atoms with van der Waals surface area (Å²) in [5, 5.41) is 16.4. The highest BCUT2D eigenvalue weighted by Crippen LogP contribution is 1.98. The van der Waals surface area contributed by atoms with E-state index in [4.69, 9.17) is 10.4 Å². The lowest BCUT2D eigenvalue weighted by Gasteiger charge is -1.76. The van der Waals surface area contributed by atoms with Gasteiger partial charge in [0.1, 0.15) is 6.26 Å². The molecule has 0 unspecified atom stereocenters. The summed E-state index contributed by atoms with van der Waals surface area (Å²) < 4.78 is 4.42. The molecule has 10 heavy (non-hydrogen) atoms. The third kappa shape index (κ3) is 0.951. The van der Waals surface area contributed by atoms with Gasteiger partial charge in [0.2, 0.25) is 0 Å². The maximum atomic E-state index is 10.1.